The smallest absolute Gasteiger partial charge is 0.251 e. The summed E-state index contributed by atoms with van der Waals surface area (Å²) < 4.78 is 20.8. The van der Waals surface area contributed by atoms with E-state index in [9.17, 15) is 9.59 Å². The average molecular weight is 582 g/mol. The monoisotopic (exact) mass is 581 g/mol. The zero-order valence-electron chi connectivity index (χ0n) is 23.7. The number of hydrogen-bond donors (Lipinski definition) is 1. The van der Waals surface area contributed by atoms with Gasteiger partial charge in [0.25, 0.3) is 5.91 Å². The Morgan fingerprint density at radius 1 is 0.977 bits per heavy atom. The van der Waals surface area contributed by atoms with Gasteiger partial charge in [0.2, 0.25) is 5.91 Å². The Hall–Kier alpha value is -4.97. The van der Waals surface area contributed by atoms with Crippen molar-refractivity contribution in [1.29, 1.82) is 0 Å². The lowest BCUT2D eigenvalue weighted by molar-refractivity contribution is -0.127. The summed E-state index contributed by atoms with van der Waals surface area (Å²) in [4.78, 5) is 35.0. The van der Waals surface area contributed by atoms with E-state index in [2.05, 4.69) is 15.6 Å². The molecule has 4 heterocycles. The number of rotatable bonds is 8. The minimum atomic E-state index is -1.12. The summed E-state index contributed by atoms with van der Waals surface area (Å²) in [7, 11) is 1.85. The number of aryl methyl sites for hydroxylation is 1. The summed E-state index contributed by atoms with van der Waals surface area (Å²) in [5, 5.41) is 11.5. The number of nitrogens with zero attached hydrogens (tertiary/aromatic N) is 6. The normalized spacial score (nSPS) is 16.8. The Morgan fingerprint density at radius 2 is 1.74 bits per heavy atom. The van der Waals surface area contributed by atoms with E-state index in [1.165, 1.54) is 4.90 Å². The van der Waals surface area contributed by atoms with Crippen molar-refractivity contribution in [2.75, 3.05) is 31.3 Å². The zero-order chi connectivity index (χ0) is 29.3. The highest BCUT2D eigenvalue weighted by molar-refractivity contribution is 6.02. The van der Waals surface area contributed by atoms with Crippen molar-refractivity contribution in [2.45, 2.75) is 31.5 Å². The molecule has 43 heavy (non-hydrogen) atoms. The van der Waals surface area contributed by atoms with Crippen molar-refractivity contribution in [3.05, 3.63) is 72.6 Å². The molecule has 0 unspecified atom stereocenters. The first-order valence-electron chi connectivity index (χ1n) is 14.4. The SMILES string of the molecule is Cn1c([C@@H](C(=O)NC[C@H]2CCCO2)N(C(=O)Cn2nnc3ccccc32)c2ccc3c(c2)OCCO3)nc2ccccc21. The van der Waals surface area contributed by atoms with Gasteiger partial charge < -0.3 is 24.1 Å². The molecule has 7 rings (SSSR count). The van der Waals surface area contributed by atoms with Crippen LogP contribution in [-0.4, -0.2) is 68.8 Å². The number of fused-ring (bicyclic) bond motifs is 3. The molecular formula is C31H31N7O5. The molecule has 2 amide bonds. The molecule has 0 saturated carbocycles. The second-order valence-electron chi connectivity index (χ2n) is 10.6. The Bertz CT molecular complexity index is 1810. The molecule has 12 heteroatoms. The van der Waals surface area contributed by atoms with Crippen LogP contribution >= 0.6 is 0 Å². The van der Waals surface area contributed by atoms with E-state index in [0.29, 0.717) is 65.9 Å². The lowest BCUT2D eigenvalue weighted by atomic mass is 10.1. The highest BCUT2D eigenvalue weighted by Crippen LogP contribution is 2.37. The van der Waals surface area contributed by atoms with Gasteiger partial charge in [0.05, 0.1) is 22.7 Å². The average Bonchev–Trinajstić information content (AvgIpc) is 3.78. The minimum Gasteiger partial charge on any atom is -0.486 e. The van der Waals surface area contributed by atoms with Crippen LogP contribution in [0.5, 0.6) is 11.5 Å². The van der Waals surface area contributed by atoms with Crippen molar-refractivity contribution in [3.8, 4) is 11.5 Å². The molecule has 2 aliphatic heterocycles. The van der Waals surface area contributed by atoms with E-state index in [-0.39, 0.29) is 24.5 Å². The van der Waals surface area contributed by atoms with Gasteiger partial charge >= 0.3 is 0 Å². The number of carbonyl (C=O) groups is 2. The quantitative estimate of drug-likeness (QED) is 0.296. The second kappa shape index (κ2) is 11.4. The van der Waals surface area contributed by atoms with Gasteiger partial charge in [0.15, 0.2) is 17.5 Å². The summed E-state index contributed by atoms with van der Waals surface area (Å²) in [6.07, 6.45) is 1.73. The number of para-hydroxylation sites is 3. The molecule has 1 saturated heterocycles. The summed E-state index contributed by atoms with van der Waals surface area (Å²) >= 11 is 0. The summed E-state index contributed by atoms with van der Waals surface area (Å²) in [6, 6.07) is 19.2. The maximum absolute atomic E-state index is 14.5. The molecule has 1 N–H and O–H groups in total. The van der Waals surface area contributed by atoms with E-state index in [1.807, 2.05) is 60.1 Å². The number of amides is 2. The third-order valence-electron chi connectivity index (χ3n) is 7.88. The standard InChI is InChI=1S/C31H31N7O5/c1-36-24-10-4-2-8-22(24)33-30(36)29(31(40)32-18-21-7-6-14-41-21)38(20-12-13-26-27(17-20)43-16-15-42-26)28(39)19-37-25-11-5-3-9-23(25)34-35-37/h2-5,8-13,17,21,29H,6-7,14-16,18-19H2,1H3,(H,32,40)/t21-,29+/m1/s1. The van der Waals surface area contributed by atoms with Crippen molar-refractivity contribution in [2.24, 2.45) is 7.05 Å². The second-order valence-corrected chi connectivity index (χ2v) is 10.6. The van der Waals surface area contributed by atoms with Gasteiger partial charge in [-0.05, 0) is 49.2 Å². The van der Waals surface area contributed by atoms with Crippen LogP contribution in [0.4, 0.5) is 5.69 Å². The molecule has 12 nitrogen and oxygen atoms in total. The van der Waals surface area contributed by atoms with Gasteiger partial charge in [-0.15, -0.1) is 5.10 Å². The van der Waals surface area contributed by atoms with Crippen LogP contribution in [0.2, 0.25) is 0 Å². The number of carbonyl (C=O) groups excluding carboxylic acids is 2. The number of ether oxygens (including phenoxy) is 3. The van der Waals surface area contributed by atoms with E-state index in [1.54, 1.807) is 22.9 Å². The highest BCUT2D eigenvalue weighted by Gasteiger charge is 2.37. The van der Waals surface area contributed by atoms with Crippen molar-refractivity contribution >= 4 is 39.6 Å². The highest BCUT2D eigenvalue weighted by atomic mass is 16.6. The van der Waals surface area contributed by atoms with E-state index < -0.39 is 6.04 Å². The van der Waals surface area contributed by atoms with Crippen LogP contribution in [-0.2, 0) is 27.9 Å². The minimum absolute atomic E-state index is 0.0787. The van der Waals surface area contributed by atoms with Crippen molar-refractivity contribution in [3.63, 3.8) is 0 Å². The fraction of sp³-hybridized carbons (Fsp3) is 0.323. The van der Waals surface area contributed by atoms with Crippen LogP contribution in [0, 0.1) is 0 Å². The third kappa shape index (κ3) is 5.14. The molecule has 1 fully saturated rings. The molecule has 5 aromatic rings. The number of nitrogens with one attached hydrogen (secondary N) is 1. The van der Waals surface area contributed by atoms with Crippen LogP contribution in [0.25, 0.3) is 22.1 Å². The predicted octanol–water partition coefficient (Wildman–Crippen LogP) is 3.16. The maximum atomic E-state index is 14.5. The molecule has 2 aliphatic rings. The Kier molecular flexibility index (Phi) is 7.11. The van der Waals surface area contributed by atoms with Gasteiger partial charge in [-0.2, -0.15) is 0 Å². The van der Waals surface area contributed by atoms with Crippen molar-refractivity contribution in [1.82, 2.24) is 29.9 Å². The lowest BCUT2D eigenvalue weighted by Gasteiger charge is -2.32. The fourth-order valence-corrected chi connectivity index (χ4v) is 5.73. The molecule has 0 radical (unpaired) electrons. The number of imidazole rings is 1. The van der Waals surface area contributed by atoms with Gasteiger partial charge in [0, 0.05) is 32.0 Å². The molecule has 3 aromatic carbocycles. The Labute approximate surface area is 247 Å². The molecular weight excluding hydrogens is 550 g/mol. The van der Waals surface area contributed by atoms with Crippen LogP contribution in [0.3, 0.4) is 0 Å². The summed E-state index contributed by atoms with van der Waals surface area (Å²) in [6.45, 7) is 1.65. The first-order valence-corrected chi connectivity index (χ1v) is 14.4. The number of hydrogen-bond acceptors (Lipinski definition) is 8. The molecule has 0 aliphatic carbocycles. The zero-order valence-corrected chi connectivity index (χ0v) is 23.7. The van der Waals surface area contributed by atoms with Gasteiger partial charge in [-0.1, -0.05) is 29.5 Å². The molecule has 0 bridgehead atoms. The van der Waals surface area contributed by atoms with Gasteiger partial charge in [-0.25, -0.2) is 9.67 Å². The van der Waals surface area contributed by atoms with E-state index in [4.69, 9.17) is 19.2 Å². The largest absolute Gasteiger partial charge is 0.486 e. The van der Waals surface area contributed by atoms with E-state index in [0.717, 1.165) is 18.4 Å². The molecule has 2 aromatic heterocycles. The Morgan fingerprint density at radius 3 is 2.53 bits per heavy atom. The lowest BCUT2D eigenvalue weighted by Crippen LogP contribution is -2.47. The molecule has 2 atom stereocenters. The number of aromatic nitrogens is 5. The first kappa shape index (κ1) is 26.9. The van der Waals surface area contributed by atoms with Crippen LogP contribution in [0.15, 0.2) is 66.7 Å². The van der Waals surface area contributed by atoms with Crippen LogP contribution < -0.4 is 19.7 Å². The van der Waals surface area contributed by atoms with Crippen LogP contribution in [0.1, 0.15) is 24.7 Å². The third-order valence-corrected chi connectivity index (χ3v) is 7.88. The maximum Gasteiger partial charge on any atom is 0.251 e. The van der Waals surface area contributed by atoms with Gasteiger partial charge in [-0.3, -0.25) is 14.5 Å². The Balaban J connectivity index is 1.34. The van der Waals surface area contributed by atoms with Gasteiger partial charge in [0.1, 0.15) is 31.1 Å². The van der Waals surface area contributed by atoms with Crippen molar-refractivity contribution < 1.29 is 23.8 Å². The molecule has 0 spiro atoms. The topological polar surface area (TPSA) is 126 Å². The number of benzene rings is 3. The molecule has 220 valence electrons. The number of anilines is 1. The summed E-state index contributed by atoms with van der Waals surface area (Å²) in [5.41, 5.74) is 3.39. The predicted molar refractivity (Wildman–Crippen MR) is 158 cm³/mol. The van der Waals surface area contributed by atoms with E-state index >= 15 is 0 Å². The fourth-order valence-electron chi connectivity index (χ4n) is 5.73. The first-order chi connectivity index (χ1) is 21.1. The summed E-state index contributed by atoms with van der Waals surface area (Å²) in [5.74, 6) is 0.734.